The topological polar surface area (TPSA) is 38.3 Å². The minimum Gasteiger partial charge on any atom is -0.494 e. The van der Waals surface area contributed by atoms with Gasteiger partial charge in [0, 0.05) is 12.1 Å². The molecule has 20 heavy (non-hydrogen) atoms. The molecular weight excluding hydrogens is 295 g/mol. The Balaban J connectivity index is 2.37. The van der Waals surface area contributed by atoms with E-state index in [9.17, 15) is 18.0 Å². The van der Waals surface area contributed by atoms with E-state index >= 15 is 0 Å². The van der Waals surface area contributed by atoms with E-state index in [-0.39, 0.29) is 18.9 Å². The summed E-state index contributed by atoms with van der Waals surface area (Å²) in [5.74, 6) is 0.120. The molecule has 0 aliphatic carbocycles. The second-order valence-corrected chi connectivity index (χ2v) is 4.85. The molecule has 0 aromatic heterocycles. The maximum atomic E-state index is 11.9. The van der Waals surface area contributed by atoms with Gasteiger partial charge in [-0.3, -0.25) is 4.79 Å². The van der Waals surface area contributed by atoms with Gasteiger partial charge in [0.1, 0.15) is 11.1 Å². The smallest absolute Gasteiger partial charge is 0.389 e. The van der Waals surface area contributed by atoms with Gasteiger partial charge in [0.15, 0.2) is 0 Å². The highest BCUT2D eigenvalue weighted by molar-refractivity contribution is 6.32. The van der Waals surface area contributed by atoms with Gasteiger partial charge in [0.05, 0.1) is 6.61 Å². The van der Waals surface area contributed by atoms with Crippen LogP contribution in [0.25, 0.3) is 0 Å². The predicted molar refractivity (Wildman–Crippen MR) is 71.2 cm³/mol. The van der Waals surface area contributed by atoms with E-state index in [1.165, 1.54) is 0 Å². The van der Waals surface area contributed by atoms with Crippen LogP contribution in [0.1, 0.15) is 19.8 Å². The van der Waals surface area contributed by atoms with E-state index in [1.807, 2.05) is 0 Å². The van der Waals surface area contributed by atoms with Crippen LogP contribution in [0.2, 0.25) is 0 Å². The van der Waals surface area contributed by atoms with Crippen molar-refractivity contribution in [3.8, 4) is 5.75 Å². The molecule has 1 unspecified atom stereocenters. The van der Waals surface area contributed by atoms with Gasteiger partial charge in [0.25, 0.3) is 0 Å². The average molecular weight is 310 g/mol. The fourth-order valence-corrected chi connectivity index (χ4v) is 1.39. The van der Waals surface area contributed by atoms with Crippen molar-refractivity contribution >= 4 is 23.2 Å². The molecule has 0 fully saturated rings. The first-order valence-corrected chi connectivity index (χ1v) is 6.46. The molecule has 0 radical (unpaired) electrons. The Kier molecular flexibility index (Phi) is 6.13. The lowest BCUT2D eigenvalue weighted by Crippen LogP contribution is -2.20. The van der Waals surface area contributed by atoms with Gasteiger partial charge >= 0.3 is 6.18 Å². The first kappa shape index (κ1) is 16.6. The maximum Gasteiger partial charge on any atom is 0.389 e. The molecule has 1 amide bonds. The molecule has 1 aromatic carbocycles. The van der Waals surface area contributed by atoms with Gasteiger partial charge in [-0.05, 0) is 37.6 Å². The minimum absolute atomic E-state index is 0.00999. The number of hydrogen-bond donors (Lipinski definition) is 1. The molecule has 0 bridgehead atoms. The molecule has 0 aliphatic heterocycles. The number of carbonyl (C=O) groups is 1. The quantitative estimate of drug-likeness (QED) is 0.638. The fraction of sp³-hybridized carbons (Fsp3) is 0.462. The van der Waals surface area contributed by atoms with Crippen LogP contribution in [0.5, 0.6) is 5.75 Å². The Labute approximate surface area is 120 Å². The summed E-state index contributed by atoms with van der Waals surface area (Å²) in [5.41, 5.74) is 0.546. The van der Waals surface area contributed by atoms with Crippen LogP contribution in [0.3, 0.4) is 0 Å². The molecule has 0 aliphatic rings. The molecule has 7 heteroatoms. The minimum atomic E-state index is -4.16. The molecule has 1 N–H and O–H groups in total. The van der Waals surface area contributed by atoms with Crippen LogP contribution in [-0.4, -0.2) is 24.1 Å². The van der Waals surface area contributed by atoms with Gasteiger partial charge in [-0.25, -0.2) is 0 Å². The lowest BCUT2D eigenvalue weighted by molar-refractivity contribution is -0.136. The zero-order valence-corrected chi connectivity index (χ0v) is 11.6. The summed E-state index contributed by atoms with van der Waals surface area (Å²) in [4.78, 5) is 11.3. The summed E-state index contributed by atoms with van der Waals surface area (Å²) in [5, 5.41) is 1.94. The van der Waals surface area contributed by atoms with Crippen LogP contribution < -0.4 is 10.1 Å². The van der Waals surface area contributed by atoms with E-state index in [0.717, 1.165) is 0 Å². The third kappa shape index (κ3) is 6.65. The van der Waals surface area contributed by atoms with E-state index < -0.39 is 18.0 Å². The standard InChI is InChI=1S/C13H15ClF3NO2/c1-9(14)12(19)18-10-3-5-11(6-4-10)20-8-2-7-13(15,16)17/h3-6,9H,2,7-8H2,1H3,(H,18,19). The van der Waals surface area contributed by atoms with Gasteiger partial charge in [-0.1, -0.05) is 0 Å². The van der Waals surface area contributed by atoms with Crippen molar-refractivity contribution in [1.29, 1.82) is 0 Å². The number of amides is 1. The van der Waals surface area contributed by atoms with E-state index in [0.29, 0.717) is 11.4 Å². The van der Waals surface area contributed by atoms with Gasteiger partial charge in [0.2, 0.25) is 5.91 Å². The zero-order chi connectivity index (χ0) is 15.2. The van der Waals surface area contributed by atoms with Crippen LogP contribution >= 0.6 is 11.6 Å². The molecule has 0 saturated carbocycles. The van der Waals surface area contributed by atoms with E-state index in [4.69, 9.17) is 16.3 Å². The van der Waals surface area contributed by atoms with Crippen molar-refractivity contribution in [3.63, 3.8) is 0 Å². The summed E-state index contributed by atoms with van der Waals surface area (Å²) in [6.45, 7) is 1.54. The maximum absolute atomic E-state index is 11.9. The number of benzene rings is 1. The highest BCUT2D eigenvalue weighted by Gasteiger charge is 2.26. The SMILES string of the molecule is CC(Cl)C(=O)Nc1ccc(OCCCC(F)(F)F)cc1. The van der Waals surface area contributed by atoms with Crippen LogP contribution in [0, 0.1) is 0 Å². The van der Waals surface area contributed by atoms with Crippen LogP contribution in [0.4, 0.5) is 18.9 Å². The first-order chi connectivity index (χ1) is 9.28. The summed E-state index contributed by atoms with van der Waals surface area (Å²) in [6, 6.07) is 6.33. The van der Waals surface area contributed by atoms with Crippen molar-refractivity contribution < 1.29 is 22.7 Å². The highest BCUT2D eigenvalue weighted by Crippen LogP contribution is 2.22. The zero-order valence-electron chi connectivity index (χ0n) is 10.8. The molecule has 0 spiro atoms. The predicted octanol–water partition coefficient (Wildman–Crippen LogP) is 3.97. The molecule has 1 rings (SSSR count). The largest absolute Gasteiger partial charge is 0.494 e. The Morgan fingerprint density at radius 2 is 1.95 bits per heavy atom. The highest BCUT2D eigenvalue weighted by atomic mass is 35.5. The summed E-state index contributed by atoms with van der Waals surface area (Å²) in [6.07, 6.45) is -5.11. The van der Waals surface area contributed by atoms with E-state index in [2.05, 4.69) is 5.32 Å². The summed E-state index contributed by atoms with van der Waals surface area (Å²) < 4.78 is 40.9. The van der Waals surface area contributed by atoms with Crippen molar-refractivity contribution in [1.82, 2.24) is 0 Å². The number of nitrogens with one attached hydrogen (secondary N) is 1. The van der Waals surface area contributed by atoms with Gasteiger partial charge < -0.3 is 10.1 Å². The molecule has 3 nitrogen and oxygen atoms in total. The number of anilines is 1. The van der Waals surface area contributed by atoms with Crippen molar-refractivity contribution in [2.24, 2.45) is 0 Å². The second-order valence-electron chi connectivity index (χ2n) is 4.20. The number of hydrogen-bond acceptors (Lipinski definition) is 2. The molecule has 1 aromatic rings. The molecule has 1 atom stereocenters. The molecular formula is C13H15ClF3NO2. The number of carbonyl (C=O) groups excluding carboxylic acids is 1. The Morgan fingerprint density at radius 1 is 1.35 bits per heavy atom. The Bertz CT molecular complexity index is 432. The summed E-state index contributed by atoms with van der Waals surface area (Å²) in [7, 11) is 0. The first-order valence-electron chi connectivity index (χ1n) is 6.02. The summed E-state index contributed by atoms with van der Waals surface area (Å²) >= 11 is 5.60. The molecule has 0 saturated heterocycles. The average Bonchev–Trinajstić information content (AvgIpc) is 2.35. The second kappa shape index (κ2) is 7.38. The normalized spacial score (nSPS) is 12.8. The van der Waals surface area contributed by atoms with Crippen molar-refractivity contribution in [2.45, 2.75) is 31.3 Å². The molecule has 112 valence electrons. The third-order valence-electron chi connectivity index (χ3n) is 2.36. The van der Waals surface area contributed by atoms with Gasteiger partial charge in [-0.2, -0.15) is 13.2 Å². The Hall–Kier alpha value is -1.43. The number of ether oxygens (including phenoxy) is 1. The van der Waals surface area contributed by atoms with Crippen LogP contribution in [0.15, 0.2) is 24.3 Å². The Morgan fingerprint density at radius 3 is 2.45 bits per heavy atom. The van der Waals surface area contributed by atoms with E-state index in [1.54, 1.807) is 31.2 Å². The van der Waals surface area contributed by atoms with Crippen molar-refractivity contribution in [2.75, 3.05) is 11.9 Å². The van der Waals surface area contributed by atoms with Crippen molar-refractivity contribution in [3.05, 3.63) is 24.3 Å². The lowest BCUT2D eigenvalue weighted by Gasteiger charge is -2.10. The third-order valence-corrected chi connectivity index (χ3v) is 2.55. The number of rotatable bonds is 6. The number of alkyl halides is 4. The van der Waals surface area contributed by atoms with Gasteiger partial charge in [-0.15, -0.1) is 11.6 Å². The van der Waals surface area contributed by atoms with Crippen LogP contribution in [-0.2, 0) is 4.79 Å². The molecule has 0 heterocycles. The fourth-order valence-electron chi connectivity index (χ4n) is 1.34. The number of halogens is 4. The lowest BCUT2D eigenvalue weighted by atomic mass is 10.3. The monoisotopic (exact) mass is 309 g/mol.